The van der Waals surface area contributed by atoms with Crippen molar-refractivity contribution >= 4 is 21.8 Å². The zero-order valence-corrected chi connectivity index (χ0v) is 12.3. The third kappa shape index (κ3) is 3.37. The van der Waals surface area contributed by atoms with Crippen LogP contribution < -0.4 is 0 Å². The van der Waals surface area contributed by atoms with Gasteiger partial charge in [0.05, 0.1) is 17.2 Å². The first kappa shape index (κ1) is 16.2. The van der Waals surface area contributed by atoms with E-state index in [0.717, 1.165) is 6.07 Å². The van der Waals surface area contributed by atoms with Gasteiger partial charge in [-0.15, -0.1) is 0 Å². The lowest BCUT2D eigenvalue weighted by atomic mass is 10.0. The minimum Gasteiger partial charge on any atom is -0.393 e. The molecule has 1 N–H and O–H groups in total. The van der Waals surface area contributed by atoms with E-state index in [2.05, 4.69) is 15.9 Å². The van der Waals surface area contributed by atoms with Gasteiger partial charge in [-0.3, -0.25) is 4.79 Å². The molecule has 1 aromatic rings. The number of rotatable bonds is 1. The summed E-state index contributed by atoms with van der Waals surface area (Å²) >= 11 is 2.92. The van der Waals surface area contributed by atoms with Gasteiger partial charge in [-0.1, -0.05) is 0 Å². The number of carbonyl (C=O) groups excluding carboxylic acids is 1. The summed E-state index contributed by atoms with van der Waals surface area (Å²) in [5.74, 6) is -2.38. The minimum atomic E-state index is -4.86. The molecule has 2 rings (SSSR count). The van der Waals surface area contributed by atoms with E-state index in [1.54, 1.807) is 0 Å². The van der Waals surface area contributed by atoms with Crippen molar-refractivity contribution in [3.8, 4) is 0 Å². The number of likely N-dealkylation sites (tertiary alicyclic amines) is 1. The van der Waals surface area contributed by atoms with E-state index in [1.807, 2.05) is 0 Å². The maximum absolute atomic E-state index is 14.1. The summed E-state index contributed by atoms with van der Waals surface area (Å²) in [4.78, 5) is 13.5. The molecule has 0 saturated carbocycles. The average Bonchev–Trinajstić information content (AvgIpc) is 2.37. The van der Waals surface area contributed by atoms with E-state index < -0.39 is 35.1 Å². The number of hydrogen-bond acceptors (Lipinski definition) is 2. The Balaban J connectivity index is 2.37. The third-order valence-corrected chi connectivity index (χ3v) is 4.02. The van der Waals surface area contributed by atoms with Crippen LogP contribution in [0.1, 0.15) is 28.8 Å². The van der Waals surface area contributed by atoms with Crippen molar-refractivity contribution in [1.29, 1.82) is 0 Å². The molecule has 3 nitrogen and oxygen atoms in total. The maximum atomic E-state index is 14.1. The molecule has 0 unspecified atom stereocenters. The predicted octanol–water partition coefficient (Wildman–Crippen LogP) is 3.20. The Kier molecular flexibility index (Phi) is 4.57. The molecule has 0 bridgehead atoms. The van der Waals surface area contributed by atoms with Crippen molar-refractivity contribution in [2.24, 2.45) is 0 Å². The number of hydrogen-bond donors (Lipinski definition) is 1. The molecule has 0 radical (unpaired) electrons. The summed E-state index contributed by atoms with van der Waals surface area (Å²) in [5.41, 5.74) is -2.09. The Morgan fingerprint density at radius 2 is 1.86 bits per heavy atom. The molecule has 1 aromatic carbocycles. The summed E-state index contributed by atoms with van der Waals surface area (Å²) < 4.78 is 52.2. The average molecular weight is 370 g/mol. The summed E-state index contributed by atoms with van der Waals surface area (Å²) in [6, 6.07) is 1.61. The van der Waals surface area contributed by atoms with Gasteiger partial charge < -0.3 is 10.0 Å². The molecule has 1 fully saturated rings. The highest BCUT2D eigenvalue weighted by Crippen LogP contribution is 2.35. The van der Waals surface area contributed by atoms with Gasteiger partial charge in [0.25, 0.3) is 5.91 Å². The first-order chi connectivity index (χ1) is 9.71. The molecular formula is C13H12BrF4NO2. The van der Waals surface area contributed by atoms with Crippen LogP contribution >= 0.6 is 15.9 Å². The first-order valence-electron chi connectivity index (χ1n) is 6.24. The van der Waals surface area contributed by atoms with E-state index in [1.165, 1.54) is 4.90 Å². The normalized spacial score (nSPS) is 17.1. The van der Waals surface area contributed by atoms with Gasteiger partial charge in [0.15, 0.2) is 0 Å². The SMILES string of the molecule is O=C(c1c(Br)ccc(C(F)(F)F)c1F)N1CCC(O)CC1. The summed E-state index contributed by atoms with van der Waals surface area (Å²) in [6.45, 7) is 0.365. The van der Waals surface area contributed by atoms with Gasteiger partial charge in [-0.05, 0) is 40.9 Å². The Hall–Kier alpha value is -1.15. The molecule has 1 amide bonds. The second-order valence-corrected chi connectivity index (χ2v) is 5.66. The second-order valence-electron chi connectivity index (χ2n) is 4.81. The number of alkyl halides is 3. The number of piperidine rings is 1. The number of benzene rings is 1. The van der Waals surface area contributed by atoms with Crippen LogP contribution in [0.15, 0.2) is 16.6 Å². The topological polar surface area (TPSA) is 40.5 Å². The molecule has 1 saturated heterocycles. The van der Waals surface area contributed by atoms with Crippen LogP contribution in [0.3, 0.4) is 0 Å². The molecule has 21 heavy (non-hydrogen) atoms. The van der Waals surface area contributed by atoms with Gasteiger partial charge in [0, 0.05) is 17.6 Å². The molecule has 1 heterocycles. The lowest BCUT2D eigenvalue weighted by Gasteiger charge is -2.30. The lowest BCUT2D eigenvalue weighted by Crippen LogP contribution is -2.40. The van der Waals surface area contributed by atoms with E-state index in [4.69, 9.17) is 0 Å². The smallest absolute Gasteiger partial charge is 0.393 e. The second kappa shape index (κ2) is 5.92. The van der Waals surface area contributed by atoms with Crippen LogP contribution in [-0.2, 0) is 6.18 Å². The molecule has 0 atom stereocenters. The number of aliphatic hydroxyl groups excluding tert-OH is 1. The maximum Gasteiger partial charge on any atom is 0.419 e. The fourth-order valence-electron chi connectivity index (χ4n) is 2.19. The minimum absolute atomic E-state index is 0.0240. The highest BCUT2D eigenvalue weighted by atomic mass is 79.9. The van der Waals surface area contributed by atoms with Crippen LogP contribution in [0.4, 0.5) is 17.6 Å². The standard InChI is InChI=1S/C13H12BrF4NO2/c14-9-2-1-8(13(16,17)18)11(15)10(9)12(21)19-5-3-7(20)4-6-19/h1-2,7,20H,3-6H2. The van der Waals surface area contributed by atoms with Crippen LogP contribution in [0.5, 0.6) is 0 Å². The Morgan fingerprint density at radius 1 is 1.29 bits per heavy atom. The summed E-state index contributed by atoms with van der Waals surface area (Å²) in [7, 11) is 0. The Labute approximate surface area is 126 Å². The van der Waals surface area contributed by atoms with Crippen molar-refractivity contribution < 1.29 is 27.5 Å². The Bertz CT molecular complexity index is 554. The number of nitrogens with zero attached hydrogens (tertiary/aromatic N) is 1. The van der Waals surface area contributed by atoms with E-state index >= 15 is 0 Å². The molecule has 116 valence electrons. The molecule has 0 aliphatic carbocycles. The largest absolute Gasteiger partial charge is 0.419 e. The van der Waals surface area contributed by atoms with Crippen molar-refractivity contribution in [1.82, 2.24) is 4.90 Å². The van der Waals surface area contributed by atoms with Gasteiger partial charge >= 0.3 is 6.18 Å². The molecule has 1 aliphatic heterocycles. The van der Waals surface area contributed by atoms with E-state index in [-0.39, 0.29) is 17.6 Å². The Morgan fingerprint density at radius 3 is 2.38 bits per heavy atom. The van der Waals surface area contributed by atoms with E-state index in [9.17, 15) is 27.5 Å². The predicted molar refractivity (Wildman–Crippen MR) is 70.2 cm³/mol. The van der Waals surface area contributed by atoms with E-state index in [0.29, 0.717) is 18.9 Å². The van der Waals surface area contributed by atoms with Crippen molar-refractivity contribution in [2.75, 3.05) is 13.1 Å². The van der Waals surface area contributed by atoms with Gasteiger partial charge in [-0.2, -0.15) is 13.2 Å². The molecule has 0 aromatic heterocycles. The van der Waals surface area contributed by atoms with Crippen LogP contribution in [-0.4, -0.2) is 35.1 Å². The number of amides is 1. The zero-order valence-electron chi connectivity index (χ0n) is 10.8. The highest BCUT2D eigenvalue weighted by Gasteiger charge is 2.37. The first-order valence-corrected chi connectivity index (χ1v) is 7.03. The quantitative estimate of drug-likeness (QED) is 0.772. The fourth-order valence-corrected chi connectivity index (χ4v) is 2.67. The van der Waals surface area contributed by atoms with Crippen molar-refractivity contribution in [2.45, 2.75) is 25.1 Å². The third-order valence-electron chi connectivity index (χ3n) is 3.36. The fraction of sp³-hybridized carbons (Fsp3) is 0.462. The lowest BCUT2D eigenvalue weighted by molar-refractivity contribution is -0.140. The number of carbonyl (C=O) groups is 1. The van der Waals surface area contributed by atoms with Gasteiger partial charge in [0.2, 0.25) is 0 Å². The molecular weight excluding hydrogens is 358 g/mol. The summed E-state index contributed by atoms with van der Waals surface area (Å²) in [5, 5.41) is 9.37. The zero-order chi connectivity index (χ0) is 15.8. The van der Waals surface area contributed by atoms with Crippen LogP contribution in [0.2, 0.25) is 0 Å². The molecule has 8 heteroatoms. The van der Waals surface area contributed by atoms with Crippen LogP contribution in [0, 0.1) is 5.82 Å². The molecule has 1 aliphatic rings. The molecule has 0 spiro atoms. The summed E-state index contributed by atoms with van der Waals surface area (Å²) in [6.07, 6.45) is -4.75. The monoisotopic (exact) mass is 369 g/mol. The van der Waals surface area contributed by atoms with Gasteiger partial charge in [0.1, 0.15) is 5.82 Å². The highest BCUT2D eigenvalue weighted by molar-refractivity contribution is 9.10. The number of halogens is 5. The van der Waals surface area contributed by atoms with Gasteiger partial charge in [-0.25, -0.2) is 4.39 Å². The van der Waals surface area contributed by atoms with Crippen molar-refractivity contribution in [3.05, 3.63) is 33.5 Å². The number of aliphatic hydroxyl groups is 1. The van der Waals surface area contributed by atoms with Crippen LogP contribution in [0.25, 0.3) is 0 Å². The van der Waals surface area contributed by atoms with Crippen molar-refractivity contribution in [3.63, 3.8) is 0 Å².